The van der Waals surface area contributed by atoms with Crippen LogP contribution in [0.1, 0.15) is 11.4 Å². The van der Waals surface area contributed by atoms with E-state index in [1.807, 2.05) is 37.3 Å². The Hall–Kier alpha value is -2.69. The van der Waals surface area contributed by atoms with Crippen LogP contribution >= 0.6 is 0 Å². The number of hydrogen-bond acceptors (Lipinski definition) is 3. The summed E-state index contributed by atoms with van der Waals surface area (Å²) in [6, 6.07) is 9.57. The van der Waals surface area contributed by atoms with E-state index in [1.54, 1.807) is 12.4 Å². The molecule has 3 rings (SSSR count). The van der Waals surface area contributed by atoms with Gasteiger partial charge >= 0.3 is 0 Å². The van der Waals surface area contributed by atoms with Gasteiger partial charge in [0.1, 0.15) is 5.82 Å². The van der Waals surface area contributed by atoms with Crippen LogP contribution in [-0.4, -0.2) is 20.9 Å². The molecule has 0 saturated carbocycles. The first-order valence-electron chi connectivity index (χ1n) is 6.36. The smallest absolute Gasteiger partial charge is 0.232 e. The molecule has 0 aliphatic rings. The fourth-order valence-electron chi connectivity index (χ4n) is 2.03. The number of imidazole rings is 1. The molecule has 5 nitrogen and oxygen atoms in total. The number of fused-ring (bicyclic) bond motifs is 1. The number of carbonyl (C=O) groups is 1. The Labute approximate surface area is 116 Å². The number of anilines is 1. The average Bonchev–Trinajstić information content (AvgIpc) is 2.83. The third kappa shape index (κ3) is 2.51. The van der Waals surface area contributed by atoms with E-state index >= 15 is 0 Å². The van der Waals surface area contributed by atoms with E-state index in [9.17, 15) is 4.79 Å². The molecule has 0 spiro atoms. The molecule has 20 heavy (non-hydrogen) atoms. The van der Waals surface area contributed by atoms with Gasteiger partial charge in [0, 0.05) is 6.20 Å². The molecule has 100 valence electrons. The van der Waals surface area contributed by atoms with Gasteiger partial charge in [-0.1, -0.05) is 12.1 Å². The Bertz CT molecular complexity index is 730. The van der Waals surface area contributed by atoms with Crippen molar-refractivity contribution in [2.75, 3.05) is 5.32 Å². The van der Waals surface area contributed by atoms with E-state index in [-0.39, 0.29) is 12.3 Å². The monoisotopic (exact) mass is 266 g/mol. The summed E-state index contributed by atoms with van der Waals surface area (Å²) in [5, 5.41) is 2.84. The third-order valence-electron chi connectivity index (χ3n) is 3.08. The van der Waals surface area contributed by atoms with Crippen molar-refractivity contribution in [2.45, 2.75) is 13.3 Å². The van der Waals surface area contributed by atoms with Crippen molar-refractivity contribution in [3.63, 3.8) is 0 Å². The minimum absolute atomic E-state index is 0.111. The molecule has 2 aromatic heterocycles. The molecule has 3 aromatic rings. The number of aromatic nitrogens is 3. The Kier molecular flexibility index (Phi) is 3.16. The van der Waals surface area contributed by atoms with E-state index in [2.05, 4.69) is 20.3 Å². The molecular formula is C15H14N4O. The number of aromatic amines is 1. The van der Waals surface area contributed by atoms with E-state index in [4.69, 9.17) is 0 Å². The predicted octanol–water partition coefficient (Wildman–Crippen LogP) is 2.45. The molecule has 2 heterocycles. The fraction of sp³-hybridized carbons (Fsp3) is 0.133. The number of rotatable bonds is 3. The van der Waals surface area contributed by atoms with Gasteiger partial charge in [-0.2, -0.15) is 0 Å². The van der Waals surface area contributed by atoms with Crippen LogP contribution < -0.4 is 5.32 Å². The highest BCUT2D eigenvalue weighted by Gasteiger charge is 2.09. The minimum Gasteiger partial charge on any atom is -0.342 e. The lowest BCUT2D eigenvalue weighted by atomic mass is 10.2. The van der Waals surface area contributed by atoms with Gasteiger partial charge in [-0.25, -0.2) is 4.98 Å². The molecule has 1 amide bonds. The maximum Gasteiger partial charge on any atom is 0.232 e. The average molecular weight is 266 g/mol. The highest BCUT2D eigenvalue weighted by Crippen LogP contribution is 2.13. The number of benzene rings is 1. The molecule has 5 heteroatoms. The molecule has 0 aliphatic heterocycles. The number of aryl methyl sites for hydroxylation is 1. The van der Waals surface area contributed by atoms with Gasteiger partial charge in [0.15, 0.2) is 0 Å². The van der Waals surface area contributed by atoms with Crippen LogP contribution in [0.4, 0.5) is 5.69 Å². The summed E-state index contributed by atoms with van der Waals surface area (Å²) in [6.45, 7) is 1.93. The quantitative estimate of drug-likeness (QED) is 0.765. The zero-order chi connectivity index (χ0) is 13.9. The number of H-pyrrole nitrogens is 1. The van der Waals surface area contributed by atoms with Gasteiger partial charge in [-0.15, -0.1) is 0 Å². The van der Waals surface area contributed by atoms with Crippen LogP contribution in [0.2, 0.25) is 0 Å². The minimum atomic E-state index is -0.111. The van der Waals surface area contributed by atoms with Crippen LogP contribution in [0.15, 0.2) is 42.7 Å². The summed E-state index contributed by atoms with van der Waals surface area (Å²) in [5.74, 6) is 0.547. The zero-order valence-electron chi connectivity index (χ0n) is 11.1. The number of para-hydroxylation sites is 2. The van der Waals surface area contributed by atoms with Crippen molar-refractivity contribution in [2.24, 2.45) is 0 Å². The Morgan fingerprint density at radius 3 is 2.95 bits per heavy atom. The second-order valence-electron chi connectivity index (χ2n) is 4.62. The largest absolute Gasteiger partial charge is 0.342 e. The molecule has 0 bridgehead atoms. The molecule has 1 aromatic carbocycles. The van der Waals surface area contributed by atoms with Crippen molar-refractivity contribution in [1.29, 1.82) is 0 Å². The molecule has 0 saturated heterocycles. The lowest BCUT2D eigenvalue weighted by Crippen LogP contribution is -2.16. The molecule has 0 radical (unpaired) electrons. The van der Waals surface area contributed by atoms with E-state index in [1.165, 1.54) is 0 Å². The van der Waals surface area contributed by atoms with Crippen molar-refractivity contribution in [1.82, 2.24) is 15.0 Å². The highest BCUT2D eigenvalue weighted by molar-refractivity contribution is 5.92. The first-order chi connectivity index (χ1) is 9.72. The van der Waals surface area contributed by atoms with Crippen molar-refractivity contribution in [3.8, 4) is 0 Å². The first-order valence-corrected chi connectivity index (χ1v) is 6.36. The molecule has 0 unspecified atom stereocenters. The Morgan fingerprint density at radius 2 is 2.15 bits per heavy atom. The maximum atomic E-state index is 12.0. The lowest BCUT2D eigenvalue weighted by molar-refractivity contribution is -0.115. The Balaban J connectivity index is 1.74. The maximum absolute atomic E-state index is 12.0. The van der Waals surface area contributed by atoms with Crippen LogP contribution in [0.25, 0.3) is 11.0 Å². The lowest BCUT2D eigenvalue weighted by Gasteiger charge is -2.06. The second-order valence-corrected chi connectivity index (χ2v) is 4.62. The summed E-state index contributed by atoms with van der Waals surface area (Å²) in [6.07, 6.45) is 3.55. The fourth-order valence-corrected chi connectivity index (χ4v) is 2.03. The molecular weight excluding hydrogens is 252 g/mol. The number of amides is 1. The predicted molar refractivity (Wildman–Crippen MR) is 77.4 cm³/mol. The van der Waals surface area contributed by atoms with Crippen LogP contribution in [-0.2, 0) is 11.2 Å². The normalized spacial score (nSPS) is 10.7. The number of nitrogens with one attached hydrogen (secondary N) is 2. The van der Waals surface area contributed by atoms with Crippen LogP contribution in [0, 0.1) is 6.92 Å². The first kappa shape index (κ1) is 12.3. The van der Waals surface area contributed by atoms with Crippen molar-refractivity contribution >= 4 is 22.6 Å². The molecule has 0 aliphatic carbocycles. The van der Waals surface area contributed by atoms with Gasteiger partial charge in [0.25, 0.3) is 0 Å². The van der Waals surface area contributed by atoms with E-state index < -0.39 is 0 Å². The summed E-state index contributed by atoms with van der Waals surface area (Å²) < 4.78 is 0. The number of nitrogens with zero attached hydrogens (tertiary/aromatic N) is 2. The van der Waals surface area contributed by atoms with Crippen LogP contribution in [0.5, 0.6) is 0 Å². The van der Waals surface area contributed by atoms with Crippen molar-refractivity contribution in [3.05, 3.63) is 54.1 Å². The Morgan fingerprint density at radius 1 is 1.30 bits per heavy atom. The summed E-state index contributed by atoms with van der Waals surface area (Å²) in [4.78, 5) is 23.5. The number of hydrogen-bond donors (Lipinski definition) is 2. The molecule has 0 fully saturated rings. The van der Waals surface area contributed by atoms with E-state index in [0.717, 1.165) is 22.3 Å². The summed E-state index contributed by atoms with van der Waals surface area (Å²) in [7, 11) is 0. The van der Waals surface area contributed by atoms with Gasteiger partial charge in [-0.05, 0) is 30.7 Å². The van der Waals surface area contributed by atoms with Crippen LogP contribution in [0.3, 0.4) is 0 Å². The van der Waals surface area contributed by atoms with Gasteiger partial charge < -0.3 is 10.3 Å². The van der Waals surface area contributed by atoms with E-state index in [0.29, 0.717) is 5.82 Å². The second kappa shape index (κ2) is 5.13. The highest BCUT2D eigenvalue weighted by atomic mass is 16.1. The van der Waals surface area contributed by atoms with Gasteiger partial charge in [0.2, 0.25) is 5.91 Å². The van der Waals surface area contributed by atoms with Gasteiger partial charge in [0.05, 0.1) is 29.3 Å². The van der Waals surface area contributed by atoms with Crippen molar-refractivity contribution < 1.29 is 4.79 Å². The molecule has 2 N–H and O–H groups in total. The number of carbonyl (C=O) groups excluding carboxylic acids is 1. The summed E-state index contributed by atoms with van der Waals surface area (Å²) in [5.41, 5.74) is 3.52. The topological polar surface area (TPSA) is 70.7 Å². The van der Waals surface area contributed by atoms with Gasteiger partial charge in [-0.3, -0.25) is 9.78 Å². The summed E-state index contributed by atoms with van der Waals surface area (Å²) >= 11 is 0. The zero-order valence-corrected chi connectivity index (χ0v) is 11.1. The third-order valence-corrected chi connectivity index (χ3v) is 3.08. The SMILES string of the molecule is Cc1ccncc1NC(=O)Cc1nc2ccccc2[nH]1. The molecule has 0 atom stereocenters. The standard InChI is InChI=1S/C15H14N4O/c1-10-6-7-16-9-13(10)19-15(20)8-14-17-11-4-2-3-5-12(11)18-14/h2-7,9H,8H2,1H3,(H,17,18)(H,19,20). The number of pyridine rings is 1.